The third kappa shape index (κ3) is 3.87. The third-order valence-corrected chi connectivity index (χ3v) is 4.26. The largest absolute Gasteiger partial charge is 0.454 e. The fraction of sp³-hybridized carbons (Fsp3) is 0.111. The summed E-state index contributed by atoms with van der Waals surface area (Å²) in [7, 11) is 0. The van der Waals surface area contributed by atoms with Crippen molar-refractivity contribution < 1.29 is 23.8 Å². The van der Waals surface area contributed by atoms with Gasteiger partial charge in [0.2, 0.25) is 6.79 Å². The predicted octanol–water partition coefficient (Wildman–Crippen LogP) is 2.62. The molecule has 136 valence electrons. The van der Waals surface area contributed by atoms with Crippen LogP contribution in [-0.4, -0.2) is 34.0 Å². The van der Waals surface area contributed by atoms with Crippen LogP contribution in [-0.2, 0) is 14.3 Å². The number of aromatic nitrogens is 2. The summed E-state index contributed by atoms with van der Waals surface area (Å²) >= 11 is 1.06. The molecule has 1 aromatic heterocycles. The summed E-state index contributed by atoms with van der Waals surface area (Å²) < 4.78 is 23.7. The summed E-state index contributed by atoms with van der Waals surface area (Å²) in [5.74, 6) is 0.198. The molecular formula is C18H13N3O5S. The fourth-order valence-corrected chi connectivity index (χ4v) is 3.01. The molecule has 2 aromatic carbocycles. The minimum Gasteiger partial charge on any atom is -0.454 e. The quantitative estimate of drug-likeness (QED) is 0.534. The van der Waals surface area contributed by atoms with Crippen molar-refractivity contribution in [2.24, 2.45) is 0 Å². The summed E-state index contributed by atoms with van der Waals surface area (Å²) in [4.78, 5) is 23.8. The van der Waals surface area contributed by atoms with E-state index in [-0.39, 0.29) is 6.79 Å². The van der Waals surface area contributed by atoms with E-state index >= 15 is 0 Å². The Morgan fingerprint density at radius 1 is 1.19 bits per heavy atom. The van der Waals surface area contributed by atoms with E-state index in [2.05, 4.69) is 14.1 Å². The summed E-state index contributed by atoms with van der Waals surface area (Å²) in [5.41, 5.74) is 2.58. The summed E-state index contributed by atoms with van der Waals surface area (Å²) in [6, 6.07) is 10.6. The lowest BCUT2D eigenvalue weighted by Gasteiger charge is -2.05. The van der Waals surface area contributed by atoms with Crippen LogP contribution in [0.1, 0.15) is 5.56 Å². The van der Waals surface area contributed by atoms with Gasteiger partial charge in [-0.25, -0.2) is 4.79 Å². The molecule has 0 fully saturated rings. The normalized spacial score (nSPS) is 12.4. The highest BCUT2D eigenvalue weighted by atomic mass is 32.1. The van der Waals surface area contributed by atoms with E-state index in [0.717, 1.165) is 17.3 Å². The van der Waals surface area contributed by atoms with Gasteiger partial charge in [0.15, 0.2) is 18.1 Å². The standard InChI is InChI=1S/C18H13N3O5S/c22-16(19-12-2-1-3-13-18(12)21-27-20-13)9-24-17(23)7-5-11-4-6-14-15(8-11)26-10-25-14/h1-8H,9-10H2,(H,19,22)/b7-5+. The number of carbonyl (C=O) groups excluding carboxylic acids is 2. The molecule has 0 bridgehead atoms. The zero-order chi connectivity index (χ0) is 18.6. The molecule has 0 spiro atoms. The van der Waals surface area contributed by atoms with Gasteiger partial charge in [0.25, 0.3) is 5.91 Å². The molecule has 3 aromatic rings. The fourth-order valence-electron chi connectivity index (χ4n) is 2.46. The second kappa shape index (κ2) is 7.42. The molecule has 1 aliphatic rings. The van der Waals surface area contributed by atoms with Crippen LogP contribution >= 0.6 is 11.7 Å². The second-order valence-electron chi connectivity index (χ2n) is 5.54. The second-order valence-corrected chi connectivity index (χ2v) is 6.07. The van der Waals surface area contributed by atoms with Crippen molar-refractivity contribution in [3.8, 4) is 11.5 Å². The van der Waals surface area contributed by atoms with Gasteiger partial charge in [-0.05, 0) is 35.9 Å². The number of benzene rings is 2. The number of rotatable bonds is 5. The van der Waals surface area contributed by atoms with Crippen molar-refractivity contribution in [2.45, 2.75) is 0 Å². The van der Waals surface area contributed by atoms with E-state index in [1.165, 1.54) is 6.08 Å². The molecule has 0 atom stereocenters. The molecule has 9 heteroatoms. The zero-order valence-electron chi connectivity index (χ0n) is 13.9. The van der Waals surface area contributed by atoms with Crippen molar-refractivity contribution in [1.29, 1.82) is 0 Å². The maximum absolute atomic E-state index is 12.0. The van der Waals surface area contributed by atoms with Crippen molar-refractivity contribution in [3.05, 3.63) is 48.0 Å². The molecule has 8 nitrogen and oxygen atoms in total. The van der Waals surface area contributed by atoms with Gasteiger partial charge in [-0.3, -0.25) is 4.79 Å². The number of nitrogens with one attached hydrogen (secondary N) is 1. The number of fused-ring (bicyclic) bond motifs is 2. The highest BCUT2D eigenvalue weighted by Crippen LogP contribution is 2.32. The van der Waals surface area contributed by atoms with Crippen molar-refractivity contribution in [2.75, 3.05) is 18.7 Å². The number of carbonyl (C=O) groups is 2. The Hall–Kier alpha value is -3.46. The monoisotopic (exact) mass is 383 g/mol. The molecule has 0 radical (unpaired) electrons. The van der Waals surface area contributed by atoms with E-state index in [0.29, 0.717) is 28.2 Å². The highest BCUT2D eigenvalue weighted by Gasteiger charge is 2.13. The number of anilines is 1. The Morgan fingerprint density at radius 3 is 3.00 bits per heavy atom. The predicted molar refractivity (Wildman–Crippen MR) is 98.6 cm³/mol. The average molecular weight is 383 g/mol. The van der Waals surface area contributed by atoms with Gasteiger partial charge in [-0.15, -0.1) is 0 Å². The van der Waals surface area contributed by atoms with Crippen LogP contribution in [0.5, 0.6) is 11.5 Å². The maximum Gasteiger partial charge on any atom is 0.331 e. The maximum atomic E-state index is 12.0. The first-order valence-electron chi connectivity index (χ1n) is 7.95. The Morgan fingerprint density at radius 2 is 2.07 bits per heavy atom. The smallest absolute Gasteiger partial charge is 0.331 e. The van der Waals surface area contributed by atoms with Crippen molar-refractivity contribution in [3.63, 3.8) is 0 Å². The van der Waals surface area contributed by atoms with Gasteiger partial charge in [0.1, 0.15) is 11.0 Å². The van der Waals surface area contributed by atoms with E-state index in [4.69, 9.17) is 14.2 Å². The summed E-state index contributed by atoms with van der Waals surface area (Å²) in [6.45, 7) is -0.220. The molecule has 27 heavy (non-hydrogen) atoms. The molecule has 4 rings (SSSR count). The molecule has 0 unspecified atom stereocenters. The molecule has 1 N–H and O–H groups in total. The summed E-state index contributed by atoms with van der Waals surface area (Å²) in [5, 5.41) is 2.66. The first-order valence-corrected chi connectivity index (χ1v) is 8.68. The van der Waals surface area contributed by atoms with Crippen LogP contribution in [0, 0.1) is 0 Å². The Bertz CT molecular complexity index is 1050. The molecule has 0 saturated heterocycles. The molecule has 2 heterocycles. The number of hydrogen-bond donors (Lipinski definition) is 1. The Labute approximate surface area is 157 Å². The van der Waals surface area contributed by atoms with E-state index in [1.54, 1.807) is 42.5 Å². The first kappa shape index (κ1) is 17.0. The minimum atomic E-state index is -0.628. The van der Waals surface area contributed by atoms with Crippen LogP contribution in [0.15, 0.2) is 42.5 Å². The lowest BCUT2D eigenvalue weighted by Crippen LogP contribution is -2.20. The first-order chi connectivity index (χ1) is 13.2. The van der Waals surface area contributed by atoms with Crippen LogP contribution in [0.2, 0.25) is 0 Å². The number of nitrogens with zero attached hydrogens (tertiary/aromatic N) is 2. The van der Waals surface area contributed by atoms with Crippen LogP contribution in [0.25, 0.3) is 17.1 Å². The number of amides is 1. The number of hydrogen-bond acceptors (Lipinski definition) is 8. The van der Waals surface area contributed by atoms with Gasteiger partial charge in [0, 0.05) is 6.08 Å². The zero-order valence-corrected chi connectivity index (χ0v) is 14.7. The molecule has 1 aliphatic heterocycles. The third-order valence-electron chi connectivity index (χ3n) is 3.71. The van der Waals surface area contributed by atoms with Crippen molar-refractivity contribution >= 4 is 46.4 Å². The number of ether oxygens (including phenoxy) is 3. The van der Waals surface area contributed by atoms with Gasteiger partial charge in [-0.2, -0.15) is 8.75 Å². The molecule has 0 saturated carbocycles. The van der Waals surface area contributed by atoms with E-state index < -0.39 is 18.5 Å². The topological polar surface area (TPSA) is 99.6 Å². The van der Waals surface area contributed by atoms with Gasteiger partial charge in [-0.1, -0.05) is 12.1 Å². The summed E-state index contributed by atoms with van der Waals surface area (Å²) in [6.07, 6.45) is 2.82. The highest BCUT2D eigenvalue weighted by molar-refractivity contribution is 7.00. The number of esters is 1. The Balaban J connectivity index is 1.31. The van der Waals surface area contributed by atoms with E-state index in [1.807, 2.05) is 0 Å². The van der Waals surface area contributed by atoms with Crippen molar-refractivity contribution in [1.82, 2.24) is 8.75 Å². The van der Waals surface area contributed by atoms with Crippen LogP contribution in [0.3, 0.4) is 0 Å². The lowest BCUT2D eigenvalue weighted by atomic mass is 10.2. The Kier molecular flexibility index (Phi) is 4.67. The van der Waals surface area contributed by atoms with Crippen LogP contribution in [0.4, 0.5) is 5.69 Å². The average Bonchev–Trinajstić information content (AvgIpc) is 3.33. The molecule has 1 amide bonds. The lowest BCUT2D eigenvalue weighted by molar-refractivity contribution is -0.142. The van der Waals surface area contributed by atoms with Gasteiger partial charge in [0.05, 0.1) is 17.4 Å². The molecular weight excluding hydrogens is 370 g/mol. The SMILES string of the molecule is O=C(COC(=O)/C=C/c1ccc2c(c1)OCO2)Nc1cccc2nsnc12. The van der Waals surface area contributed by atoms with Crippen LogP contribution < -0.4 is 14.8 Å². The van der Waals surface area contributed by atoms with Gasteiger partial charge >= 0.3 is 5.97 Å². The van der Waals surface area contributed by atoms with Gasteiger partial charge < -0.3 is 19.5 Å². The minimum absolute atomic E-state index is 0.185. The van der Waals surface area contributed by atoms with E-state index in [9.17, 15) is 9.59 Å². The molecule has 0 aliphatic carbocycles.